The van der Waals surface area contributed by atoms with Gasteiger partial charge in [-0.05, 0) is 38.5 Å². The second kappa shape index (κ2) is 43.1. The molecule has 9 heteroatoms. The number of hydrogen-bond acceptors (Lipinski definition) is 7. The molecule has 8 nitrogen and oxygen atoms in total. The molecule has 0 spiro atoms. The number of ether oxygens (including phenoxy) is 2. The van der Waals surface area contributed by atoms with E-state index >= 15 is 0 Å². The lowest BCUT2D eigenvalue weighted by Crippen LogP contribution is -2.28. The number of allylic oxidation sites excluding steroid dienone is 4. The predicted molar refractivity (Wildman–Crippen MR) is 229 cm³/mol. The number of phosphoric ester groups is 1. The maximum absolute atomic E-state index is 12.6. The van der Waals surface area contributed by atoms with Crippen LogP contribution in [-0.4, -0.2) is 49.9 Å². The Morgan fingerprint density at radius 2 is 1.00 bits per heavy atom. The van der Waals surface area contributed by atoms with Crippen molar-refractivity contribution in [3.05, 3.63) is 24.3 Å². The van der Waals surface area contributed by atoms with Crippen molar-refractivity contribution in [1.82, 2.24) is 0 Å². The summed E-state index contributed by atoms with van der Waals surface area (Å²) in [5, 5.41) is 0. The van der Waals surface area contributed by atoms with Gasteiger partial charge in [-0.3, -0.25) is 13.8 Å². The molecule has 0 radical (unpaired) electrons. The van der Waals surface area contributed by atoms with Crippen LogP contribution < -0.4 is 5.73 Å². The number of hydrogen-bond donors (Lipinski definition) is 2. The SMILES string of the molecule is CCCC/C=C\C/C=C\CCCCCCCCOCC(COP(=O)(O)OCCN)OC(=O)CCCCCCCCCCCCCCCCCCCCCC. The zero-order valence-corrected chi connectivity index (χ0v) is 36.4. The van der Waals surface area contributed by atoms with E-state index in [2.05, 4.69) is 38.2 Å². The highest BCUT2D eigenvalue weighted by Crippen LogP contribution is 2.43. The minimum absolute atomic E-state index is 0.0956. The Hall–Kier alpha value is -1.02. The normalized spacial score (nSPS) is 13.6. The molecule has 0 aromatic heterocycles. The van der Waals surface area contributed by atoms with E-state index in [4.69, 9.17) is 24.3 Å². The first-order valence-corrected chi connectivity index (χ1v) is 24.3. The molecule has 0 bridgehead atoms. The van der Waals surface area contributed by atoms with Crippen molar-refractivity contribution in [3.8, 4) is 0 Å². The molecule has 0 saturated carbocycles. The number of carbonyl (C=O) groups excluding carboxylic acids is 1. The van der Waals surface area contributed by atoms with Gasteiger partial charge in [-0.15, -0.1) is 0 Å². The molecule has 320 valence electrons. The molecular weight excluding hydrogens is 697 g/mol. The Morgan fingerprint density at radius 1 is 0.556 bits per heavy atom. The van der Waals surface area contributed by atoms with E-state index in [1.165, 1.54) is 154 Å². The lowest BCUT2D eigenvalue weighted by atomic mass is 10.0. The Labute approximate surface area is 334 Å². The van der Waals surface area contributed by atoms with Gasteiger partial charge in [-0.25, -0.2) is 4.57 Å². The molecule has 0 fully saturated rings. The van der Waals surface area contributed by atoms with Crippen LogP contribution in [0.15, 0.2) is 24.3 Å². The molecule has 2 atom stereocenters. The number of unbranched alkanes of at least 4 members (excludes halogenated alkanes) is 27. The largest absolute Gasteiger partial charge is 0.472 e. The number of phosphoric acid groups is 1. The highest BCUT2D eigenvalue weighted by atomic mass is 31.2. The van der Waals surface area contributed by atoms with Gasteiger partial charge in [-0.1, -0.05) is 199 Å². The average molecular weight is 786 g/mol. The molecule has 0 rings (SSSR count). The van der Waals surface area contributed by atoms with E-state index in [-0.39, 0.29) is 32.3 Å². The average Bonchev–Trinajstić information content (AvgIpc) is 3.16. The number of esters is 1. The quantitative estimate of drug-likeness (QED) is 0.0271. The summed E-state index contributed by atoms with van der Waals surface area (Å²) in [4.78, 5) is 22.5. The molecule has 0 aromatic carbocycles. The zero-order valence-electron chi connectivity index (χ0n) is 35.5. The highest BCUT2D eigenvalue weighted by Gasteiger charge is 2.25. The van der Waals surface area contributed by atoms with Gasteiger partial charge in [0.2, 0.25) is 0 Å². The maximum Gasteiger partial charge on any atom is 0.472 e. The first-order valence-electron chi connectivity index (χ1n) is 22.8. The second-order valence-corrected chi connectivity index (χ2v) is 16.7. The van der Waals surface area contributed by atoms with Gasteiger partial charge in [0.15, 0.2) is 0 Å². The molecule has 0 aromatic rings. The van der Waals surface area contributed by atoms with Crippen molar-refractivity contribution in [2.75, 3.05) is 33.0 Å². The van der Waals surface area contributed by atoms with Gasteiger partial charge in [0.25, 0.3) is 0 Å². The Morgan fingerprint density at radius 3 is 1.50 bits per heavy atom. The van der Waals surface area contributed by atoms with Gasteiger partial charge >= 0.3 is 13.8 Å². The molecule has 3 N–H and O–H groups in total. The van der Waals surface area contributed by atoms with Crippen LogP contribution in [-0.2, 0) is 27.9 Å². The number of rotatable bonds is 44. The molecule has 0 amide bonds. The van der Waals surface area contributed by atoms with Gasteiger partial charge < -0.3 is 20.1 Å². The van der Waals surface area contributed by atoms with Crippen LogP contribution in [0.4, 0.5) is 0 Å². The molecule has 54 heavy (non-hydrogen) atoms. The smallest absolute Gasteiger partial charge is 0.457 e. The number of carbonyl (C=O) groups is 1. The third-order valence-electron chi connectivity index (χ3n) is 9.87. The van der Waals surface area contributed by atoms with Crippen LogP contribution in [0.25, 0.3) is 0 Å². The van der Waals surface area contributed by atoms with Crippen molar-refractivity contribution in [2.45, 2.75) is 225 Å². The Balaban J connectivity index is 3.97. The molecule has 0 heterocycles. The Kier molecular flexibility index (Phi) is 42.3. The topological polar surface area (TPSA) is 117 Å². The van der Waals surface area contributed by atoms with Crippen molar-refractivity contribution >= 4 is 13.8 Å². The van der Waals surface area contributed by atoms with Crippen LogP contribution in [0, 0.1) is 0 Å². The van der Waals surface area contributed by atoms with E-state index in [1.54, 1.807) is 0 Å². The Bertz CT molecular complexity index is 884. The fourth-order valence-corrected chi connectivity index (χ4v) is 7.25. The van der Waals surface area contributed by atoms with Gasteiger partial charge in [0, 0.05) is 19.6 Å². The van der Waals surface area contributed by atoms with Crippen LogP contribution >= 0.6 is 7.82 Å². The van der Waals surface area contributed by atoms with Crippen LogP contribution in [0.3, 0.4) is 0 Å². The summed E-state index contributed by atoms with van der Waals surface area (Å²) in [6.07, 6.45) is 47.7. The lowest BCUT2D eigenvalue weighted by Gasteiger charge is -2.20. The van der Waals surface area contributed by atoms with E-state index in [1.807, 2.05) is 0 Å². The third-order valence-corrected chi connectivity index (χ3v) is 10.9. The molecule has 0 aliphatic carbocycles. The summed E-state index contributed by atoms with van der Waals surface area (Å²) in [5.41, 5.74) is 5.37. The van der Waals surface area contributed by atoms with Crippen LogP contribution in [0.5, 0.6) is 0 Å². The summed E-state index contributed by atoms with van der Waals surface area (Å²) in [6.45, 7) is 4.90. The van der Waals surface area contributed by atoms with Crippen molar-refractivity contribution < 1.29 is 32.8 Å². The predicted octanol–water partition coefficient (Wildman–Crippen LogP) is 13.6. The first-order chi connectivity index (χ1) is 26.4. The summed E-state index contributed by atoms with van der Waals surface area (Å²) in [6, 6.07) is 0. The molecular formula is C45H88NO7P. The molecule has 2 unspecified atom stereocenters. The lowest BCUT2D eigenvalue weighted by molar-refractivity contribution is -0.154. The second-order valence-electron chi connectivity index (χ2n) is 15.3. The van der Waals surface area contributed by atoms with Crippen molar-refractivity contribution in [3.63, 3.8) is 0 Å². The van der Waals surface area contributed by atoms with E-state index in [0.29, 0.717) is 13.0 Å². The summed E-state index contributed by atoms with van der Waals surface area (Å²) < 4.78 is 33.5. The van der Waals surface area contributed by atoms with E-state index < -0.39 is 13.9 Å². The van der Waals surface area contributed by atoms with Crippen LogP contribution in [0.1, 0.15) is 219 Å². The van der Waals surface area contributed by atoms with Crippen molar-refractivity contribution in [2.24, 2.45) is 5.73 Å². The number of nitrogens with two attached hydrogens (primary N) is 1. The molecule has 0 aliphatic rings. The van der Waals surface area contributed by atoms with E-state index in [0.717, 1.165) is 44.9 Å². The zero-order chi connectivity index (χ0) is 39.5. The maximum atomic E-state index is 12.6. The van der Waals surface area contributed by atoms with Gasteiger partial charge in [0.1, 0.15) is 6.10 Å². The standard InChI is InChI=1S/C45H88NO7P/c1-3-5-7-9-11-13-15-17-19-20-21-22-23-24-26-28-30-32-34-36-38-45(47)53-44(43-52-54(48,49)51-41-39-46)42-50-40-37-35-33-31-29-27-25-18-16-14-12-10-8-6-4-2/h10,12,16,18,44H,3-9,11,13-15,17,19-43,46H2,1-2H3,(H,48,49)/b12-10-,18-16-. The minimum atomic E-state index is -4.28. The molecule has 0 aliphatic heterocycles. The van der Waals surface area contributed by atoms with Crippen molar-refractivity contribution in [1.29, 1.82) is 0 Å². The third kappa shape index (κ3) is 42.1. The monoisotopic (exact) mass is 786 g/mol. The summed E-state index contributed by atoms with van der Waals surface area (Å²) >= 11 is 0. The fourth-order valence-electron chi connectivity index (χ4n) is 6.49. The minimum Gasteiger partial charge on any atom is -0.457 e. The summed E-state index contributed by atoms with van der Waals surface area (Å²) in [5.74, 6) is -0.330. The summed E-state index contributed by atoms with van der Waals surface area (Å²) in [7, 11) is -4.28. The van der Waals surface area contributed by atoms with E-state index in [9.17, 15) is 14.3 Å². The van der Waals surface area contributed by atoms with Gasteiger partial charge in [0.05, 0.1) is 19.8 Å². The molecule has 0 saturated heterocycles. The highest BCUT2D eigenvalue weighted by molar-refractivity contribution is 7.47. The van der Waals surface area contributed by atoms with Crippen LogP contribution in [0.2, 0.25) is 0 Å². The van der Waals surface area contributed by atoms with Gasteiger partial charge in [-0.2, -0.15) is 0 Å². The fraction of sp³-hybridized carbons (Fsp3) is 0.889. The first kappa shape index (κ1) is 53.0.